The zero-order valence-electron chi connectivity index (χ0n) is 16.8. The molecule has 0 saturated heterocycles. The zero-order valence-corrected chi connectivity index (χ0v) is 16.8. The van der Waals surface area contributed by atoms with Crippen LogP contribution in [0, 0.1) is 0 Å². The molecule has 4 nitrogen and oxygen atoms in total. The van der Waals surface area contributed by atoms with Gasteiger partial charge in [-0.3, -0.25) is 9.59 Å². The van der Waals surface area contributed by atoms with E-state index in [0.29, 0.717) is 0 Å². The van der Waals surface area contributed by atoms with Crippen molar-refractivity contribution in [2.75, 3.05) is 0 Å². The fraction of sp³-hybridized carbons (Fsp3) is 0.905. The van der Waals surface area contributed by atoms with Crippen molar-refractivity contribution in [3.63, 3.8) is 0 Å². The van der Waals surface area contributed by atoms with Crippen molar-refractivity contribution in [3.8, 4) is 0 Å². The summed E-state index contributed by atoms with van der Waals surface area (Å²) in [5, 5.41) is 8.72. The van der Waals surface area contributed by atoms with Gasteiger partial charge >= 0.3 is 82.2 Å². The Morgan fingerprint density at radius 1 is 0.778 bits per heavy atom. The topological polar surface area (TPSA) is 63.6 Å². The van der Waals surface area contributed by atoms with Gasteiger partial charge in [-0.05, 0) is 32.6 Å². The number of carbonyl (C=O) groups excluding carboxylic acids is 1. The molecule has 0 aliphatic carbocycles. The minimum absolute atomic E-state index is 0. The summed E-state index contributed by atoms with van der Waals surface area (Å²) in [4.78, 5) is 22.4. The third-order valence-corrected chi connectivity index (χ3v) is 4.77. The molecule has 0 aromatic carbocycles. The second-order valence-corrected chi connectivity index (χ2v) is 7.53. The molecule has 1 atom stereocenters. The first-order valence-corrected chi connectivity index (χ1v) is 10.4. The Morgan fingerprint density at radius 2 is 1.19 bits per heavy atom. The molecule has 0 aliphatic heterocycles. The summed E-state index contributed by atoms with van der Waals surface area (Å²) in [5.74, 6) is -1.74. The molecule has 152 valence electrons. The first-order valence-electron chi connectivity index (χ1n) is 10.4. The first kappa shape index (κ1) is 32.8. The molecule has 0 rings (SSSR count). The summed E-state index contributed by atoms with van der Waals surface area (Å²) in [6, 6.07) is 0. The van der Waals surface area contributed by atoms with E-state index in [-0.39, 0.29) is 70.2 Å². The molecule has 0 saturated carbocycles. The fourth-order valence-electron chi connectivity index (χ4n) is 3.20. The van der Waals surface area contributed by atoms with Gasteiger partial charge in [0.15, 0.2) is 0 Å². The van der Waals surface area contributed by atoms with Crippen LogP contribution in [0.25, 0.3) is 0 Å². The zero-order chi connectivity index (χ0) is 19.0. The van der Waals surface area contributed by atoms with E-state index in [1.54, 1.807) is 0 Å². The number of ether oxygens (including phenoxy) is 1. The number of hydrogen-bond donors (Lipinski definition) is 1. The van der Waals surface area contributed by atoms with E-state index in [2.05, 4.69) is 13.8 Å². The molecule has 1 N–H and O–H groups in total. The van der Waals surface area contributed by atoms with Crippen LogP contribution < -0.4 is 0 Å². The van der Waals surface area contributed by atoms with Gasteiger partial charge in [-0.2, -0.15) is 0 Å². The van der Waals surface area contributed by atoms with Gasteiger partial charge < -0.3 is 9.84 Å². The van der Waals surface area contributed by atoms with Crippen molar-refractivity contribution in [2.45, 2.75) is 123 Å². The summed E-state index contributed by atoms with van der Waals surface area (Å²) < 4.78 is 5.51. The summed E-state index contributed by atoms with van der Waals surface area (Å²) in [6.45, 7) is 6.31. The van der Waals surface area contributed by atoms with E-state index >= 15 is 0 Å². The Kier molecular flexibility index (Phi) is 26.6. The van der Waals surface area contributed by atoms with Crippen molar-refractivity contribution in [2.24, 2.45) is 0 Å². The van der Waals surface area contributed by atoms with E-state index in [1.165, 1.54) is 51.4 Å². The first-order chi connectivity index (χ1) is 11.9. The van der Waals surface area contributed by atoms with Crippen LogP contribution in [0.5, 0.6) is 0 Å². The number of hydrogen-bond acceptors (Lipinski definition) is 3. The normalized spacial score (nSPS) is 12.4. The molecule has 0 heterocycles. The molecule has 0 aliphatic rings. The third-order valence-electron chi connectivity index (χ3n) is 4.77. The predicted octanol–water partition coefficient (Wildman–Crippen LogP) is 4.97. The van der Waals surface area contributed by atoms with Gasteiger partial charge in [0.05, 0.1) is 0 Å². The van der Waals surface area contributed by atoms with E-state index < -0.39 is 24.0 Å². The minimum atomic E-state index is -1.12. The van der Waals surface area contributed by atoms with E-state index in [4.69, 9.17) is 9.84 Å². The van der Waals surface area contributed by atoms with Crippen molar-refractivity contribution in [3.05, 3.63) is 0 Å². The van der Waals surface area contributed by atoms with Gasteiger partial charge in [-0.1, -0.05) is 78.1 Å². The van der Waals surface area contributed by atoms with Crippen molar-refractivity contribution >= 4 is 82.2 Å². The van der Waals surface area contributed by atoms with Gasteiger partial charge in [0.1, 0.15) is 12.0 Å². The van der Waals surface area contributed by atoms with Gasteiger partial charge in [0, 0.05) is 0 Å². The molecule has 0 bridgehead atoms. The molecule has 6 heteroatoms. The molecule has 0 radical (unpaired) electrons. The van der Waals surface area contributed by atoms with Crippen LogP contribution in [-0.4, -0.2) is 92.9 Å². The SMILES string of the molecule is CCCCCCCCCCCCC(C)(CCCC)OC(=O)CC(=O)O.[KH].[LiH]. The van der Waals surface area contributed by atoms with Crippen LogP contribution in [0.1, 0.15) is 117 Å². The maximum absolute atomic E-state index is 11.7. The quantitative estimate of drug-likeness (QED) is 0.161. The maximum atomic E-state index is 11.7. The Morgan fingerprint density at radius 3 is 1.63 bits per heavy atom. The Bertz CT molecular complexity index is 366. The molecule has 0 aromatic rings. The molecular formula is C21H42KLiO4. The molecule has 0 amide bonds. The number of rotatable bonds is 17. The number of aliphatic carboxylic acids is 1. The van der Waals surface area contributed by atoms with Crippen molar-refractivity contribution in [1.29, 1.82) is 0 Å². The van der Waals surface area contributed by atoms with Crippen LogP contribution in [0.4, 0.5) is 0 Å². The average Bonchev–Trinajstić information content (AvgIpc) is 2.54. The Balaban J connectivity index is -0.00000288. The van der Waals surface area contributed by atoms with E-state index in [9.17, 15) is 9.59 Å². The number of carboxylic acids is 1. The second-order valence-electron chi connectivity index (χ2n) is 7.53. The fourth-order valence-corrected chi connectivity index (χ4v) is 3.20. The molecule has 1 unspecified atom stereocenters. The molecule has 0 aromatic heterocycles. The summed E-state index contributed by atoms with van der Waals surface area (Å²) in [6.07, 6.45) is 15.9. The summed E-state index contributed by atoms with van der Waals surface area (Å²) in [7, 11) is 0. The summed E-state index contributed by atoms with van der Waals surface area (Å²) >= 11 is 0. The molecule has 0 spiro atoms. The number of carboxylic acid groups (broad SMARTS) is 1. The monoisotopic (exact) mass is 404 g/mol. The van der Waals surface area contributed by atoms with E-state index in [0.717, 1.165) is 38.5 Å². The van der Waals surface area contributed by atoms with Gasteiger partial charge in [-0.15, -0.1) is 0 Å². The second kappa shape index (κ2) is 21.9. The van der Waals surface area contributed by atoms with Crippen molar-refractivity contribution < 1.29 is 19.4 Å². The predicted molar refractivity (Wildman–Crippen MR) is 117 cm³/mol. The average molecular weight is 405 g/mol. The van der Waals surface area contributed by atoms with Gasteiger partial charge in [0.25, 0.3) is 0 Å². The third kappa shape index (κ3) is 21.7. The van der Waals surface area contributed by atoms with Crippen LogP contribution in [0.2, 0.25) is 0 Å². The number of esters is 1. The van der Waals surface area contributed by atoms with Crippen molar-refractivity contribution in [1.82, 2.24) is 0 Å². The van der Waals surface area contributed by atoms with E-state index in [1.807, 2.05) is 6.92 Å². The Hall–Kier alpha value is 1.17. The molecule has 0 fully saturated rings. The van der Waals surface area contributed by atoms with Gasteiger partial charge in [0.2, 0.25) is 0 Å². The van der Waals surface area contributed by atoms with Crippen LogP contribution >= 0.6 is 0 Å². The van der Waals surface area contributed by atoms with Crippen LogP contribution in [0.3, 0.4) is 0 Å². The molecule has 27 heavy (non-hydrogen) atoms. The Labute approximate surface area is 221 Å². The summed E-state index contributed by atoms with van der Waals surface area (Å²) in [5.41, 5.74) is -0.511. The number of unbranched alkanes of at least 4 members (excludes halogenated alkanes) is 10. The standard InChI is InChI=1S/C21H40O4.K.Li.2H/c1-4-6-8-9-10-11-12-13-14-15-17-21(3,16-7-5-2)25-20(24)18-19(22)23;;;;/h4-18H2,1-3H3,(H,22,23);;;;. The molecular weight excluding hydrogens is 362 g/mol. The van der Waals surface area contributed by atoms with Crippen LogP contribution in [0.15, 0.2) is 0 Å². The van der Waals surface area contributed by atoms with Gasteiger partial charge in [-0.25, -0.2) is 0 Å². The number of carbonyl (C=O) groups is 2. The van der Waals surface area contributed by atoms with Crippen LogP contribution in [-0.2, 0) is 14.3 Å².